The maximum absolute atomic E-state index is 6.08. The second kappa shape index (κ2) is 5.89. The maximum atomic E-state index is 6.08. The summed E-state index contributed by atoms with van der Waals surface area (Å²) in [7, 11) is 0. The molecule has 1 atom stereocenters. The van der Waals surface area contributed by atoms with Crippen LogP contribution in [0, 0.1) is 13.8 Å². The van der Waals surface area contributed by atoms with Crippen molar-refractivity contribution in [1.82, 2.24) is 0 Å². The van der Waals surface area contributed by atoms with Gasteiger partial charge in [-0.3, -0.25) is 0 Å². The van der Waals surface area contributed by atoms with Crippen molar-refractivity contribution in [2.75, 3.05) is 13.2 Å². The summed E-state index contributed by atoms with van der Waals surface area (Å²) in [5.74, 6) is 0. The average molecular weight is 207 g/mol. The minimum absolute atomic E-state index is 0.00329. The molecule has 1 aromatic rings. The van der Waals surface area contributed by atoms with E-state index in [1.807, 2.05) is 0 Å². The van der Waals surface area contributed by atoms with Gasteiger partial charge in [0.15, 0.2) is 0 Å². The van der Waals surface area contributed by atoms with Crippen molar-refractivity contribution in [2.45, 2.75) is 33.2 Å². The highest BCUT2D eigenvalue weighted by Crippen LogP contribution is 2.18. The van der Waals surface area contributed by atoms with Gasteiger partial charge in [0.1, 0.15) is 0 Å². The van der Waals surface area contributed by atoms with Crippen LogP contribution in [0.2, 0.25) is 0 Å². The van der Waals surface area contributed by atoms with E-state index in [-0.39, 0.29) is 6.04 Å². The van der Waals surface area contributed by atoms with Gasteiger partial charge in [0.25, 0.3) is 0 Å². The first-order valence-corrected chi connectivity index (χ1v) is 5.56. The van der Waals surface area contributed by atoms with Gasteiger partial charge in [-0.25, -0.2) is 0 Å². The summed E-state index contributed by atoms with van der Waals surface area (Å²) in [6.07, 6.45) is 1.04. The summed E-state index contributed by atoms with van der Waals surface area (Å²) < 4.78 is 5.47. The summed E-state index contributed by atoms with van der Waals surface area (Å²) in [6.45, 7) is 7.73. The third kappa shape index (κ3) is 3.33. The highest BCUT2D eigenvalue weighted by molar-refractivity contribution is 5.35. The smallest absolute Gasteiger partial charge is 0.0659 e. The Labute approximate surface area is 92.4 Å². The van der Waals surface area contributed by atoms with Crippen LogP contribution in [-0.2, 0) is 4.74 Å². The standard InChI is InChI=1S/C13H21NO/c1-4-8-15-9-13(14)12-7-5-6-10(2)11(12)3/h5-7,13H,4,8-9,14H2,1-3H3. The molecule has 0 spiro atoms. The molecule has 84 valence electrons. The largest absolute Gasteiger partial charge is 0.379 e. The van der Waals surface area contributed by atoms with Crippen LogP contribution in [0.1, 0.15) is 36.1 Å². The Morgan fingerprint density at radius 1 is 1.33 bits per heavy atom. The zero-order valence-electron chi connectivity index (χ0n) is 9.92. The van der Waals surface area contributed by atoms with E-state index in [4.69, 9.17) is 10.5 Å². The average Bonchev–Trinajstić information content (AvgIpc) is 2.22. The minimum atomic E-state index is -0.00329. The monoisotopic (exact) mass is 207 g/mol. The van der Waals surface area contributed by atoms with Gasteiger partial charge in [-0.1, -0.05) is 25.1 Å². The molecule has 1 unspecified atom stereocenters. The molecule has 0 heterocycles. The lowest BCUT2D eigenvalue weighted by Gasteiger charge is -2.16. The van der Waals surface area contributed by atoms with Crippen LogP contribution in [0.25, 0.3) is 0 Å². The second-order valence-electron chi connectivity index (χ2n) is 3.97. The lowest BCUT2D eigenvalue weighted by Crippen LogP contribution is -2.18. The fraction of sp³-hybridized carbons (Fsp3) is 0.538. The Morgan fingerprint density at radius 2 is 2.07 bits per heavy atom. The zero-order chi connectivity index (χ0) is 11.3. The maximum Gasteiger partial charge on any atom is 0.0659 e. The van der Waals surface area contributed by atoms with E-state index in [0.29, 0.717) is 6.61 Å². The third-order valence-corrected chi connectivity index (χ3v) is 2.69. The molecule has 0 bridgehead atoms. The van der Waals surface area contributed by atoms with Gasteiger partial charge in [-0.15, -0.1) is 0 Å². The van der Waals surface area contributed by atoms with Crippen LogP contribution < -0.4 is 5.73 Å². The number of nitrogens with two attached hydrogens (primary N) is 1. The quantitative estimate of drug-likeness (QED) is 0.753. The summed E-state index contributed by atoms with van der Waals surface area (Å²) in [4.78, 5) is 0. The van der Waals surface area contributed by atoms with Crippen LogP contribution >= 0.6 is 0 Å². The third-order valence-electron chi connectivity index (χ3n) is 2.69. The molecular weight excluding hydrogens is 186 g/mol. The molecule has 0 saturated carbocycles. The predicted octanol–water partition coefficient (Wildman–Crippen LogP) is 2.73. The van der Waals surface area contributed by atoms with E-state index in [0.717, 1.165) is 13.0 Å². The van der Waals surface area contributed by atoms with Crippen LogP contribution in [0.5, 0.6) is 0 Å². The Balaban J connectivity index is 2.65. The lowest BCUT2D eigenvalue weighted by atomic mass is 9.98. The summed E-state index contributed by atoms with van der Waals surface area (Å²) >= 11 is 0. The van der Waals surface area contributed by atoms with Crippen molar-refractivity contribution in [3.63, 3.8) is 0 Å². The van der Waals surface area contributed by atoms with E-state index in [2.05, 4.69) is 39.0 Å². The van der Waals surface area contributed by atoms with Crippen molar-refractivity contribution in [3.8, 4) is 0 Å². The zero-order valence-corrected chi connectivity index (χ0v) is 9.92. The molecule has 0 aliphatic heterocycles. The highest BCUT2D eigenvalue weighted by atomic mass is 16.5. The number of hydrogen-bond acceptors (Lipinski definition) is 2. The molecule has 0 aromatic heterocycles. The molecule has 2 nitrogen and oxygen atoms in total. The van der Waals surface area contributed by atoms with Gasteiger partial charge in [-0.2, -0.15) is 0 Å². The number of ether oxygens (including phenoxy) is 1. The van der Waals surface area contributed by atoms with Crippen molar-refractivity contribution in [3.05, 3.63) is 34.9 Å². The number of benzene rings is 1. The Bertz CT molecular complexity index is 309. The minimum Gasteiger partial charge on any atom is -0.379 e. The van der Waals surface area contributed by atoms with Crippen LogP contribution in [0.4, 0.5) is 0 Å². The first-order valence-electron chi connectivity index (χ1n) is 5.56. The highest BCUT2D eigenvalue weighted by Gasteiger charge is 2.09. The van der Waals surface area contributed by atoms with Gasteiger partial charge >= 0.3 is 0 Å². The molecule has 0 fully saturated rings. The normalized spacial score (nSPS) is 12.8. The SMILES string of the molecule is CCCOCC(N)c1cccc(C)c1C. The van der Waals surface area contributed by atoms with Gasteiger partial charge in [-0.05, 0) is 37.0 Å². The molecule has 0 aliphatic rings. The van der Waals surface area contributed by atoms with Gasteiger partial charge in [0.2, 0.25) is 0 Å². The van der Waals surface area contributed by atoms with E-state index < -0.39 is 0 Å². The summed E-state index contributed by atoms with van der Waals surface area (Å²) in [5, 5.41) is 0. The molecule has 0 saturated heterocycles. The molecule has 2 N–H and O–H groups in total. The van der Waals surface area contributed by atoms with Crippen molar-refractivity contribution < 1.29 is 4.74 Å². The fourth-order valence-corrected chi connectivity index (χ4v) is 1.62. The van der Waals surface area contributed by atoms with Crippen molar-refractivity contribution in [1.29, 1.82) is 0 Å². The van der Waals surface area contributed by atoms with E-state index in [9.17, 15) is 0 Å². The number of aryl methyl sites for hydroxylation is 1. The Morgan fingerprint density at radius 3 is 2.73 bits per heavy atom. The summed E-state index contributed by atoms with van der Waals surface area (Å²) in [6, 6.07) is 6.24. The lowest BCUT2D eigenvalue weighted by molar-refractivity contribution is 0.121. The second-order valence-corrected chi connectivity index (χ2v) is 3.97. The van der Waals surface area contributed by atoms with Gasteiger partial charge in [0, 0.05) is 6.61 Å². The predicted molar refractivity (Wildman–Crippen MR) is 64.0 cm³/mol. The van der Waals surface area contributed by atoms with Crippen molar-refractivity contribution >= 4 is 0 Å². The molecule has 0 radical (unpaired) electrons. The Hall–Kier alpha value is -0.860. The topological polar surface area (TPSA) is 35.2 Å². The van der Waals surface area contributed by atoms with Crippen LogP contribution in [-0.4, -0.2) is 13.2 Å². The molecule has 1 rings (SSSR count). The van der Waals surface area contributed by atoms with Gasteiger partial charge < -0.3 is 10.5 Å². The molecule has 15 heavy (non-hydrogen) atoms. The number of hydrogen-bond donors (Lipinski definition) is 1. The first-order chi connectivity index (χ1) is 7.16. The molecular formula is C13H21NO. The van der Waals surface area contributed by atoms with E-state index in [1.165, 1.54) is 16.7 Å². The van der Waals surface area contributed by atoms with E-state index in [1.54, 1.807) is 0 Å². The number of rotatable bonds is 5. The van der Waals surface area contributed by atoms with Gasteiger partial charge in [0.05, 0.1) is 12.6 Å². The molecule has 1 aromatic carbocycles. The Kier molecular flexibility index (Phi) is 4.79. The van der Waals surface area contributed by atoms with Crippen LogP contribution in [0.15, 0.2) is 18.2 Å². The fourth-order valence-electron chi connectivity index (χ4n) is 1.62. The van der Waals surface area contributed by atoms with Crippen molar-refractivity contribution in [2.24, 2.45) is 5.73 Å². The summed E-state index contributed by atoms with van der Waals surface area (Å²) in [5.41, 5.74) is 9.85. The molecule has 0 aliphatic carbocycles. The van der Waals surface area contributed by atoms with Crippen LogP contribution in [0.3, 0.4) is 0 Å². The molecule has 0 amide bonds. The first kappa shape index (κ1) is 12.2. The molecule has 2 heteroatoms. The van der Waals surface area contributed by atoms with E-state index >= 15 is 0 Å².